The van der Waals surface area contributed by atoms with Crippen molar-refractivity contribution in [3.8, 4) is 5.75 Å². The topological polar surface area (TPSA) is 84.9 Å². The predicted octanol–water partition coefficient (Wildman–Crippen LogP) is 3.06. The van der Waals surface area contributed by atoms with Crippen molar-refractivity contribution in [2.75, 3.05) is 41.3 Å². The number of hydrogen-bond donors (Lipinski definition) is 0. The molecule has 2 heterocycles. The molecule has 5 atom stereocenters. The van der Waals surface area contributed by atoms with Crippen molar-refractivity contribution in [3.63, 3.8) is 0 Å². The Bertz CT molecular complexity index is 898. The van der Waals surface area contributed by atoms with E-state index in [1.165, 1.54) is 7.11 Å². The number of carbonyl (C=O) groups excluding carboxylic acids is 1. The van der Waals surface area contributed by atoms with Crippen LogP contribution in [0.25, 0.3) is 0 Å². The van der Waals surface area contributed by atoms with E-state index in [-0.39, 0.29) is 24.9 Å². The van der Waals surface area contributed by atoms with Gasteiger partial charge in [0.2, 0.25) is 0 Å². The summed E-state index contributed by atoms with van der Waals surface area (Å²) in [6.07, 6.45) is 3.56. The zero-order chi connectivity index (χ0) is 24.7. The Morgan fingerprint density at radius 2 is 1.83 bits per heavy atom. The van der Waals surface area contributed by atoms with Crippen molar-refractivity contribution in [2.45, 2.75) is 69.1 Å². The van der Waals surface area contributed by atoms with Gasteiger partial charge in [0.15, 0.2) is 5.79 Å². The average Bonchev–Trinajstić information content (AvgIpc) is 3.55. The van der Waals surface area contributed by atoms with E-state index in [0.717, 1.165) is 37.0 Å². The number of methoxy groups -OCH3 is 3. The van der Waals surface area contributed by atoms with E-state index in [0.29, 0.717) is 26.2 Å². The summed E-state index contributed by atoms with van der Waals surface area (Å²) in [6.45, 7) is 3.74. The zero-order valence-corrected chi connectivity index (χ0v) is 21.1. The molecule has 5 rings (SSSR count). The number of nitrogens with zero attached hydrogens (tertiary/aromatic N) is 1. The van der Waals surface area contributed by atoms with Gasteiger partial charge in [-0.25, -0.2) is 0 Å². The highest BCUT2D eigenvalue weighted by molar-refractivity contribution is 5.75. The first-order valence-electron chi connectivity index (χ1n) is 12.5. The van der Waals surface area contributed by atoms with Crippen LogP contribution in [0.2, 0.25) is 0 Å². The molecule has 0 amide bonds. The fourth-order valence-corrected chi connectivity index (χ4v) is 7.31. The molecular formula is C26H37NO8. The molecule has 0 aromatic heterocycles. The molecule has 194 valence electrons. The highest BCUT2D eigenvalue weighted by atomic mass is 16.8. The van der Waals surface area contributed by atoms with Crippen LogP contribution in [0.15, 0.2) is 24.3 Å². The average molecular weight is 492 g/mol. The Morgan fingerprint density at radius 3 is 2.49 bits per heavy atom. The molecule has 0 radical (unpaired) electrons. The Labute approximate surface area is 206 Å². The molecule has 2 spiro atoms. The number of ether oxygens (including phenoxy) is 6. The van der Waals surface area contributed by atoms with E-state index in [9.17, 15) is 4.79 Å². The molecule has 35 heavy (non-hydrogen) atoms. The minimum atomic E-state index is -0.965. The highest BCUT2D eigenvalue weighted by Crippen LogP contribution is 2.67. The maximum Gasteiger partial charge on any atom is 0.313 e. The van der Waals surface area contributed by atoms with E-state index >= 15 is 0 Å². The van der Waals surface area contributed by atoms with Crippen LogP contribution in [-0.4, -0.2) is 75.9 Å². The van der Waals surface area contributed by atoms with Gasteiger partial charge in [0.25, 0.3) is 0 Å². The molecule has 2 bridgehead atoms. The number of benzene rings is 1. The van der Waals surface area contributed by atoms with Gasteiger partial charge in [-0.05, 0) is 50.3 Å². The second-order valence-electron chi connectivity index (χ2n) is 10.1. The van der Waals surface area contributed by atoms with Crippen LogP contribution < -0.4 is 4.74 Å². The smallest absolute Gasteiger partial charge is 0.313 e. The fraction of sp³-hybridized carbons (Fsp3) is 0.731. The number of carbonyl (C=O) groups is 1. The first-order valence-corrected chi connectivity index (χ1v) is 12.5. The third-order valence-corrected chi connectivity index (χ3v) is 8.67. The SMILES string of the molecule is COCO[C@@H]1CC[C@@H]2[C@@H](C(=O)OC)[C@@](C)(ON2Cc2ccc(OC)cc2)[C@@]12CCCC21OCCO1. The second kappa shape index (κ2) is 9.61. The fourth-order valence-electron chi connectivity index (χ4n) is 7.31. The number of hydrogen-bond acceptors (Lipinski definition) is 9. The first kappa shape index (κ1) is 24.9. The zero-order valence-electron chi connectivity index (χ0n) is 21.1. The number of fused-ring (bicyclic) bond motifs is 4. The molecule has 1 aromatic rings. The van der Waals surface area contributed by atoms with E-state index in [2.05, 4.69) is 0 Å². The standard InChI is InChI=1S/C26H37NO8/c1-24-22(23(28)31-4)20(27(35-24)16-18-6-8-19(30-3)9-7-18)10-11-21(32-17-29-2)25(24)12-5-13-26(25)33-14-15-34-26/h6-9,20-22H,5,10-17H2,1-4H3/t20-,21-,22+,24-,25-/m1/s1. The number of esters is 1. The van der Waals surface area contributed by atoms with Gasteiger partial charge in [-0.1, -0.05) is 12.1 Å². The minimum absolute atomic E-state index is 0.154. The van der Waals surface area contributed by atoms with Crippen LogP contribution in [0, 0.1) is 11.3 Å². The van der Waals surface area contributed by atoms with Gasteiger partial charge in [0.1, 0.15) is 24.1 Å². The van der Waals surface area contributed by atoms with Crippen LogP contribution in [0.5, 0.6) is 5.75 Å². The molecule has 2 aliphatic carbocycles. The predicted molar refractivity (Wildman–Crippen MR) is 124 cm³/mol. The van der Waals surface area contributed by atoms with Crippen molar-refractivity contribution >= 4 is 5.97 Å². The quantitative estimate of drug-likeness (QED) is 0.422. The van der Waals surface area contributed by atoms with Crippen molar-refractivity contribution < 1.29 is 38.1 Å². The Hall–Kier alpha value is -1.75. The van der Waals surface area contributed by atoms with Crippen molar-refractivity contribution in [1.82, 2.24) is 5.06 Å². The summed E-state index contributed by atoms with van der Waals surface area (Å²) in [5.41, 5.74) is -0.607. The van der Waals surface area contributed by atoms with Gasteiger partial charge in [-0.15, -0.1) is 0 Å². The number of hydroxylamine groups is 2. The lowest BCUT2D eigenvalue weighted by atomic mass is 9.60. The van der Waals surface area contributed by atoms with Gasteiger partial charge in [-0.2, -0.15) is 5.06 Å². The monoisotopic (exact) mass is 491 g/mol. The molecule has 2 saturated carbocycles. The third kappa shape index (κ3) is 3.70. The minimum Gasteiger partial charge on any atom is -0.497 e. The van der Waals surface area contributed by atoms with Crippen LogP contribution in [0.4, 0.5) is 0 Å². The molecule has 9 nitrogen and oxygen atoms in total. The lowest BCUT2D eigenvalue weighted by Crippen LogP contribution is -2.67. The van der Waals surface area contributed by atoms with Crippen LogP contribution in [-0.2, 0) is 39.9 Å². The van der Waals surface area contributed by atoms with E-state index < -0.39 is 22.7 Å². The molecule has 2 saturated heterocycles. The van der Waals surface area contributed by atoms with Gasteiger partial charge in [-0.3, -0.25) is 9.63 Å². The summed E-state index contributed by atoms with van der Waals surface area (Å²) >= 11 is 0. The maximum absolute atomic E-state index is 13.4. The van der Waals surface area contributed by atoms with E-state index in [1.807, 2.05) is 36.3 Å². The third-order valence-electron chi connectivity index (χ3n) is 8.67. The van der Waals surface area contributed by atoms with Gasteiger partial charge in [0, 0.05) is 20.1 Å². The largest absolute Gasteiger partial charge is 0.497 e. The van der Waals surface area contributed by atoms with Crippen LogP contribution in [0.1, 0.15) is 44.6 Å². The van der Waals surface area contributed by atoms with Crippen molar-refractivity contribution in [2.24, 2.45) is 11.3 Å². The van der Waals surface area contributed by atoms with E-state index in [4.69, 9.17) is 33.3 Å². The molecular weight excluding hydrogens is 454 g/mol. The van der Waals surface area contributed by atoms with Gasteiger partial charge < -0.3 is 28.4 Å². The molecule has 2 aliphatic heterocycles. The van der Waals surface area contributed by atoms with Gasteiger partial charge in [0.05, 0.1) is 45.0 Å². The summed E-state index contributed by atoms with van der Waals surface area (Å²) < 4.78 is 35.2. The summed E-state index contributed by atoms with van der Waals surface area (Å²) in [5.74, 6) is -0.880. The molecule has 4 fully saturated rings. The molecule has 1 aromatic carbocycles. The highest BCUT2D eigenvalue weighted by Gasteiger charge is 2.78. The van der Waals surface area contributed by atoms with Gasteiger partial charge >= 0.3 is 5.97 Å². The number of rotatable bonds is 7. The Morgan fingerprint density at radius 1 is 1.09 bits per heavy atom. The summed E-state index contributed by atoms with van der Waals surface area (Å²) in [4.78, 5) is 20.3. The molecule has 0 unspecified atom stereocenters. The van der Waals surface area contributed by atoms with Crippen LogP contribution in [0.3, 0.4) is 0 Å². The lowest BCUT2D eigenvalue weighted by molar-refractivity contribution is -0.351. The maximum atomic E-state index is 13.4. The molecule has 9 heteroatoms. The summed E-state index contributed by atoms with van der Waals surface area (Å²) in [6, 6.07) is 7.74. The summed E-state index contributed by atoms with van der Waals surface area (Å²) in [7, 11) is 4.72. The summed E-state index contributed by atoms with van der Waals surface area (Å²) in [5, 5.41) is 1.97. The van der Waals surface area contributed by atoms with Crippen molar-refractivity contribution in [3.05, 3.63) is 29.8 Å². The lowest BCUT2D eigenvalue weighted by Gasteiger charge is -2.55. The Balaban J connectivity index is 1.58. The van der Waals surface area contributed by atoms with E-state index in [1.54, 1.807) is 14.2 Å². The van der Waals surface area contributed by atoms with Crippen molar-refractivity contribution in [1.29, 1.82) is 0 Å². The first-order chi connectivity index (χ1) is 16.9. The second-order valence-corrected chi connectivity index (χ2v) is 10.1. The normalized spacial score (nSPS) is 36.1. The molecule has 0 N–H and O–H groups in total. The Kier molecular flexibility index (Phi) is 6.84. The van der Waals surface area contributed by atoms with Crippen LogP contribution >= 0.6 is 0 Å². The molecule has 4 aliphatic rings.